The number of nitrogens with zero attached hydrogens (tertiary/aromatic N) is 1. The summed E-state index contributed by atoms with van der Waals surface area (Å²) in [5.74, 6) is 0. The van der Waals surface area contributed by atoms with E-state index in [0.29, 0.717) is 5.13 Å². The van der Waals surface area contributed by atoms with E-state index in [0.717, 1.165) is 20.6 Å². The average molecular weight is 389 g/mol. The summed E-state index contributed by atoms with van der Waals surface area (Å²) in [4.78, 5) is 16.3. The Hall–Kier alpha value is -2.18. The van der Waals surface area contributed by atoms with Crippen LogP contribution in [0.25, 0.3) is 11.3 Å². The van der Waals surface area contributed by atoms with Gasteiger partial charge in [-0.15, -0.1) is 0 Å². The number of carbonyl (C=O) groups is 1. The number of aromatic nitrogens is 1. The molecule has 1 N–H and O–H groups in total. The Bertz CT molecular complexity index is 791. The van der Waals surface area contributed by atoms with Gasteiger partial charge < -0.3 is 4.74 Å². The number of hydrogen-bond acceptors (Lipinski definition) is 4. The van der Waals surface area contributed by atoms with Crippen molar-refractivity contribution in [2.45, 2.75) is 6.61 Å². The van der Waals surface area contributed by atoms with Crippen LogP contribution in [-0.4, -0.2) is 11.1 Å². The SMILES string of the molecule is O=C(Nc1nc(-c2ccccc2)c(Br)s1)OCc1ccccc1. The number of amides is 1. The zero-order valence-electron chi connectivity index (χ0n) is 12.0. The van der Waals surface area contributed by atoms with Crippen molar-refractivity contribution in [3.05, 3.63) is 70.0 Å². The molecule has 0 aliphatic heterocycles. The second-order valence-electron chi connectivity index (χ2n) is 4.69. The van der Waals surface area contributed by atoms with Crippen molar-refractivity contribution in [3.8, 4) is 11.3 Å². The number of rotatable bonds is 4. The van der Waals surface area contributed by atoms with Gasteiger partial charge in [-0.25, -0.2) is 9.78 Å². The monoisotopic (exact) mass is 388 g/mol. The van der Waals surface area contributed by atoms with Crippen molar-refractivity contribution in [1.29, 1.82) is 0 Å². The molecule has 3 aromatic rings. The van der Waals surface area contributed by atoms with Gasteiger partial charge in [-0.2, -0.15) is 0 Å². The van der Waals surface area contributed by atoms with E-state index in [4.69, 9.17) is 4.74 Å². The highest BCUT2D eigenvalue weighted by Crippen LogP contribution is 2.35. The number of carbonyl (C=O) groups excluding carboxylic acids is 1. The highest BCUT2D eigenvalue weighted by Gasteiger charge is 2.13. The molecule has 0 fully saturated rings. The molecule has 1 heterocycles. The van der Waals surface area contributed by atoms with Crippen molar-refractivity contribution in [1.82, 2.24) is 4.98 Å². The number of benzene rings is 2. The van der Waals surface area contributed by atoms with Crippen LogP contribution in [0.3, 0.4) is 0 Å². The first-order valence-corrected chi connectivity index (χ1v) is 8.53. The molecule has 0 unspecified atom stereocenters. The smallest absolute Gasteiger partial charge is 0.413 e. The van der Waals surface area contributed by atoms with Crippen LogP contribution in [0.4, 0.5) is 9.93 Å². The molecule has 0 saturated carbocycles. The van der Waals surface area contributed by atoms with E-state index in [1.165, 1.54) is 11.3 Å². The van der Waals surface area contributed by atoms with Gasteiger partial charge in [-0.1, -0.05) is 72.0 Å². The summed E-state index contributed by atoms with van der Waals surface area (Å²) in [5, 5.41) is 3.15. The summed E-state index contributed by atoms with van der Waals surface area (Å²) < 4.78 is 6.05. The molecule has 0 bridgehead atoms. The average Bonchev–Trinajstić information content (AvgIpc) is 2.95. The summed E-state index contributed by atoms with van der Waals surface area (Å²) in [7, 11) is 0. The van der Waals surface area contributed by atoms with Gasteiger partial charge in [0.2, 0.25) is 0 Å². The Kier molecular flexibility index (Phi) is 5.05. The van der Waals surface area contributed by atoms with E-state index in [1.54, 1.807) is 0 Å². The molecule has 0 radical (unpaired) electrons. The highest BCUT2D eigenvalue weighted by atomic mass is 79.9. The zero-order valence-corrected chi connectivity index (χ0v) is 14.4. The molecule has 0 saturated heterocycles. The van der Waals surface area contributed by atoms with Gasteiger partial charge in [0.25, 0.3) is 0 Å². The van der Waals surface area contributed by atoms with Crippen molar-refractivity contribution >= 4 is 38.5 Å². The predicted octanol–water partition coefficient (Wildman–Crippen LogP) is 5.32. The first-order valence-electron chi connectivity index (χ1n) is 6.92. The minimum atomic E-state index is -0.519. The summed E-state index contributed by atoms with van der Waals surface area (Å²) >= 11 is 4.84. The Labute approximate surface area is 146 Å². The molecular weight excluding hydrogens is 376 g/mol. The Morgan fingerprint density at radius 2 is 1.74 bits per heavy atom. The molecule has 3 rings (SSSR count). The molecule has 1 aromatic heterocycles. The predicted molar refractivity (Wildman–Crippen MR) is 95.5 cm³/mol. The third kappa shape index (κ3) is 4.18. The Morgan fingerprint density at radius 3 is 2.43 bits per heavy atom. The largest absolute Gasteiger partial charge is 0.444 e. The van der Waals surface area contributed by atoms with Gasteiger partial charge in [-0.3, -0.25) is 5.32 Å². The van der Waals surface area contributed by atoms with Crippen molar-refractivity contribution in [2.75, 3.05) is 5.32 Å². The lowest BCUT2D eigenvalue weighted by atomic mass is 10.2. The molecule has 4 nitrogen and oxygen atoms in total. The normalized spacial score (nSPS) is 10.3. The second-order valence-corrected chi connectivity index (χ2v) is 7.01. The molecule has 2 aromatic carbocycles. The quantitative estimate of drug-likeness (QED) is 0.657. The number of ether oxygens (including phenoxy) is 1. The molecule has 116 valence electrons. The lowest BCUT2D eigenvalue weighted by Gasteiger charge is -2.04. The summed E-state index contributed by atoms with van der Waals surface area (Å²) in [5.41, 5.74) is 2.73. The molecule has 0 spiro atoms. The Balaban J connectivity index is 1.63. The van der Waals surface area contributed by atoms with E-state index in [-0.39, 0.29) is 6.61 Å². The number of thiazole rings is 1. The fourth-order valence-corrected chi connectivity index (χ4v) is 3.45. The number of nitrogens with one attached hydrogen (secondary N) is 1. The van der Waals surface area contributed by atoms with E-state index in [2.05, 4.69) is 26.2 Å². The zero-order chi connectivity index (χ0) is 16.1. The molecule has 0 aliphatic carbocycles. The van der Waals surface area contributed by atoms with Gasteiger partial charge in [0.1, 0.15) is 6.61 Å². The lowest BCUT2D eigenvalue weighted by molar-refractivity contribution is 0.155. The number of anilines is 1. The molecular formula is C17H13BrN2O2S. The highest BCUT2D eigenvalue weighted by molar-refractivity contribution is 9.11. The van der Waals surface area contributed by atoms with Gasteiger partial charge in [0.05, 0.1) is 9.48 Å². The van der Waals surface area contributed by atoms with Gasteiger partial charge in [-0.05, 0) is 21.5 Å². The van der Waals surface area contributed by atoms with E-state index < -0.39 is 6.09 Å². The summed E-state index contributed by atoms with van der Waals surface area (Å²) in [6, 6.07) is 19.3. The van der Waals surface area contributed by atoms with Crippen LogP contribution in [0.2, 0.25) is 0 Å². The third-order valence-corrected chi connectivity index (χ3v) is 4.68. The van der Waals surface area contributed by atoms with Gasteiger partial charge in [0.15, 0.2) is 5.13 Å². The standard InChI is InChI=1S/C17H13BrN2O2S/c18-15-14(13-9-5-2-6-10-13)19-16(23-15)20-17(21)22-11-12-7-3-1-4-8-12/h1-10H,11H2,(H,19,20,21). The molecule has 23 heavy (non-hydrogen) atoms. The summed E-state index contributed by atoms with van der Waals surface area (Å²) in [6.07, 6.45) is -0.519. The minimum Gasteiger partial charge on any atom is -0.444 e. The van der Waals surface area contributed by atoms with E-state index in [9.17, 15) is 4.79 Å². The van der Waals surface area contributed by atoms with Gasteiger partial charge >= 0.3 is 6.09 Å². The third-order valence-electron chi connectivity index (χ3n) is 3.05. The molecule has 0 aliphatic rings. The molecule has 0 atom stereocenters. The van der Waals surface area contributed by atoms with Crippen molar-refractivity contribution < 1.29 is 9.53 Å². The fourth-order valence-electron chi connectivity index (χ4n) is 1.98. The van der Waals surface area contributed by atoms with Crippen LogP contribution in [0.15, 0.2) is 64.5 Å². The maximum absolute atomic E-state index is 11.9. The number of halogens is 1. The van der Waals surface area contributed by atoms with Crippen LogP contribution >= 0.6 is 27.3 Å². The van der Waals surface area contributed by atoms with Crippen LogP contribution in [-0.2, 0) is 11.3 Å². The van der Waals surface area contributed by atoms with Crippen LogP contribution in [0, 0.1) is 0 Å². The second kappa shape index (κ2) is 7.39. The Morgan fingerprint density at radius 1 is 1.09 bits per heavy atom. The number of hydrogen-bond donors (Lipinski definition) is 1. The lowest BCUT2D eigenvalue weighted by Crippen LogP contribution is -2.13. The minimum absolute atomic E-state index is 0.227. The maximum atomic E-state index is 11.9. The first-order chi connectivity index (χ1) is 11.2. The molecule has 6 heteroatoms. The van der Waals surface area contributed by atoms with Crippen LogP contribution < -0.4 is 5.32 Å². The van der Waals surface area contributed by atoms with Crippen molar-refractivity contribution in [3.63, 3.8) is 0 Å². The first kappa shape index (κ1) is 15.7. The maximum Gasteiger partial charge on any atom is 0.413 e. The van der Waals surface area contributed by atoms with Crippen LogP contribution in [0.1, 0.15) is 5.56 Å². The van der Waals surface area contributed by atoms with Crippen LogP contribution in [0.5, 0.6) is 0 Å². The van der Waals surface area contributed by atoms with E-state index in [1.807, 2.05) is 60.7 Å². The van der Waals surface area contributed by atoms with Gasteiger partial charge in [0, 0.05) is 5.56 Å². The van der Waals surface area contributed by atoms with Crippen molar-refractivity contribution in [2.24, 2.45) is 0 Å². The molecule has 1 amide bonds. The summed E-state index contributed by atoms with van der Waals surface area (Å²) in [6.45, 7) is 0.227. The van der Waals surface area contributed by atoms with E-state index >= 15 is 0 Å². The fraction of sp³-hybridized carbons (Fsp3) is 0.0588. The topological polar surface area (TPSA) is 51.2 Å².